The smallest absolute Gasteiger partial charge is 0.163 e. The molecule has 27 heavy (non-hydrogen) atoms. The zero-order valence-electron chi connectivity index (χ0n) is 15.6. The van der Waals surface area contributed by atoms with E-state index in [1.807, 2.05) is 60.7 Å². The van der Waals surface area contributed by atoms with E-state index in [-0.39, 0.29) is 17.2 Å². The van der Waals surface area contributed by atoms with Gasteiger partial charge in [0.05, 0.1) is 17.4 Å². The average molecular weight is 379 g/mol. The second kappa shape index (κ2) is 6.90. The zero-order valence-corrected chi connectivity index (χ0v) is 16.3. The van der Waals surface area contributed by atoms with Crippen LogP contribution in [0.4, 0.5) is 11.4 Å². The van der Waals surface area contributed by atoms with Crippen molar-refractivity contribution in [2.24, 2.45) is 5.41 Å². The second-order valence-electron chi connectivity index (χ2n) is 8.02. The highest BCUT2D eigenvalue weighted by atomic mass is 35.5. The Morgan fingerprint density at radius 2 is 1.70 bits per heavy atom. The van der Waals surface area contributed by atoms with Gasteiger partial charge in [-0.25, -0.2) is 0 Å². The maximum Gasteiger partial charge on any atom is 0.163 e. The predicted molar refractivity (Wildman–Crippen MR) is 113 cm³/mol. The molecule has 0 bridgehead atoms. The molecule has 0 fully saturated rings. The van der Waals surface area contributed by atoms with Crippen molar-refractivity contribution >= 4 is 34.8 Å². The topological polar surface area (TPSA) is 41.1 Å². The van der Waals surface area contributed by atoms with E-state index < -0.39 is 0 Å². The Balaban J connectivity index is 1.83. The van der Waals surface area contributed by atoms with Crippen molar-refractivity contribution < 1.29 is 4.79 Å². The van der Waals surface area contributed by atoms with Crippen molar-refractivity contribution in [3.8, 4) is 0 Å². The number of Topliss-reactive ketones (excluding diaryl/α,β-unsaturated/α-hetero) is 1. The number of nitrogens with one attached hydrogen (secondary N) is 2. The predicted octanol–water partition coefficient (Wildman–Crippen LogP) is 5.82. The summed E-state index contributed by atoms with van der Waals surface area (Å²) < 4.78 is 0. The van der Waals surface area contributed by atoms with Crippen LogP contribution >= 0.6 is 11.6 Å². The van der Waals surface area contributed by atoms with Crippen molar-refractivity contribution in [1.82, 2.24) is 0 Å². The standard InChI is InChI=1S/C23H23ClN2O/c1-23(2)13-19-21(20(27)14-23)22(16(24)12-15-8-4-3-5-9-15)26-18-11-7-6-10-17(18)25-19/h3-12,22,25-26H,13-14H2,1-2H3/b16-12-. The first-order chi connectivity index (χ1) is 12.9. The number of hydrogen-bond donors (Lipinski definition) is 2. The van der Waals surface area contributed by atoms with E-state index in [1.165, 1.54) is 0 Å². The summed E-state index contributed by atoms with van der Waals surface area (Å²) in [6.07, 6.45) is 3.28. The third-order valence-electron chi connectivity index (χ3n) is 5.10. The molecule has 1 atom stereocenters. The van der Waals surface area contributed by atoms with Gasteiger partial charge in [-0.3, -0.25) is 4.79 Å². The first-order valence-corrected chi connectivity index (χ1v) is 9.62. The van der Waals surface area contributed by atoms with Crippen LogP contribution in [0.15, 0.2) is 70.9 Å². The molecule has 1 heterocycles. The molecule has 0 spiro atoms. The van der Waals surface area contributed by atoms with Crippen LogP contribution in [0, 0.1) is 5.41 Å². The molecule has 2 aromatic rings. The Morgan fingerprint density at radius 1 is 1.04 bits per heavy atom. The molecular weight excluding hydrogens is 356 g/mol. The molecule has 138 valence electrons. The molecule has 3 nitrogen and oxygen atoms in total. The van der Waals surface area contributed by atoms with Crippen LogP contribution < -0.4 is 10.6 Å². The quantitative estimate of drug-likeness (QED) is 0.692. The largest absolute Gasteiger partial charge is 0.371 e. The van der Waals surface area contributed by atoms with Gasteiger partial charge in [-0.15, -0.1) is 0 Å². The SMILES string of the molecule is CC1(C)CC(=O)C2=C(C1)Nc1ccccc1NC2/C(Cl)=C/c1ccccc1. The summed E-state index contributed by atoms with van der Waals surface area (Å²) in [6.45, 7) is 4.27. The monoisotopic (exact) mass is 378 g/mol. The lowest BCUT2D eigenvalue weighted by Gasteiger charge is -2.34. The van der Waals surface area contributed by atoms with Crippen LogP contribution in [0.5, 0.6) is 0 Å². The van der Waals surface area contributed by atoms with Gasteiger partial charge in [0.1, 0.15) is 0 Å². The third-order valence-corrected chi connectivity index (χ3v) is 5.43. The molecule has 2 aliphatic rings. The fraction of sp³-hybridized carbons (Fsp3) is 0.261. The number of rotatable bonds is 2. The van der Waals surface area contributed by atoms with Gasteiger partial charge in [0.15, 0.2) is 5.78 Å². The molecule has 2 N–H and O–H groups in total. The van der Waals surface area contributed by atoms with Crippen LogP contribution in [-0.4, -0.2) is 11.8 Å². The number of carbonyl (C=O) groups is 1. The summed E-state index contributed by atoms with van der Waals surface area (Å²) in [4.78, 5) is 13.1. The average Bonchev–Trinajstić information content (AvgIpc) is 2.78. The Kier molecular flexibility index (Phi) is 4.56. The van der Waals surface area contributed by atoms with Crippen molar-refractivity contribution in [2.45, 2.75) is 32.7 Å². The third kappa shape index (κ3) is 3.65. The highest BCUT2D eigenvalue weighted by molar-refractivity contribution is 6.33. The molecule has 0 amide bonds. The minimum atomic E-state index is -0.360. The second-order valence-corrected chi connectivity index (χ2v) is 8.46. The minimum Gasteiger partial charge on any atom is -0.371 e. The summed E-state index contributed by atoms with van der Waals surface area (Å²) in [7, 11) is 0. The summed E-state index contributed by atoms with van der Waals surface area (Å²) in [6, 6.07) is 17.6. The maximum atomic E-state index is 13.1. The number of anilines is 2. The normalized spacial score (nSPS) is 21.5. The molecule has 0 radical (unpaired) electrons. The Hall–Kier alpha value is -2.52. The van der Waals surface area contributed by atoms with Crippen molar-refractivity contribution in [1.29, 1.82) is 0 Å². The maximum absolute atomic E-state index is 13.1. The highest BCUT2D eigenvalue weighted by Gasteiger charge is 2.39. The van der Waals surface area contributed by atoms with Gasteiger partial charge in [0.2, 0.25) is 0 Å². The van der Waals surface area contributed by atoms with E-state index in [0.29, 0.717) is 11.5 Å². The number of fused-ring (bicyclic) bond motifs is 1. The first-order valence-electron chi connectivity index (χ1n) is 9.24. The van der Waals surface area contributed by atoms with Gasteiger partial charge in [-0.05, 0) is 35.6 Å². The van der Waals surface area contributed by atoms with Gasteiger partial charge in [0.25, 0.3) is 0 Å². The highest BCUT2D eigenvalue weighted by Crippen LogP contribution is 2.43. The van der Waals surface area contributed by atoms with Crippen molar-refractivity contribution in [3.05, 3.63) is 76.5 Å². The lowest BCUT2D eigenvalue weighted by molar-refractivity contribution is -0.118. The van der Waals surface area contributed by atoms with Crippen molar-refractivity contribution in [3.63, 3.8) is 0 Å². The molecule has 4 rings (SSSR count). The Bertz CT molecular complexity index is 944. The van der Waals surface area contributed by atoms with Gasteiger partial charge >= 0.3 is 0 Å². The number of ketones is 1. The molecule has 0 aromatic heterocycles. The molecule has 0 saturated carbocycles. The van der Waals surface area contributed by atoms with Gasteiger partial charge in [-0.1, -0.05) is 67.9 Å². The number of halogens is 1. The minimum absolute atomic E-state index is 0.0671. The van der Waals surface area contributed by atoms with E-state index in [0.717, 1.165) is 34.6 Å². The molecule has 1 aliphatic carbocycles. The molecule has 0 saturated heterocycles. The lowest BCUT2D eigenvalue weighted by Crippen LogP contribution is -2.35. The van der Waals surface area contributed by atoms with Crippen LogP contribution in [0.3, 0.4) is 0 Å². The summed E-state index contributed by atoms with van der Waals surface area (Å²) >= 11 is 6.77. The Labute approximate surface area is 165 Å². The number of carbonyl (C=O) groups excluding carboxylic acids is 1. The van der Waals surface area contributed by atoms with E-state index in [9.17, 15) is 4.79 Å². The van der Waals surface area contributed by atoms with E-state index in [1.54, 1.807) is 0 Å². The van der Waals surface area contributed by atoms with Gasteiger partial charge in [-0.2, -0.15) is 0 Å². The molecule has 4 heteroatoms. The molecule has 2 aromatic carbocycles. The molecule has 1 aliphatic heterocycles. The fourth-order valence-electron chi connectivity index (χ4n) is 3.89. The summed E-state index contributed by atoms with van der Waals surface area (Å²) in [5.41, 5.74) is 4.59. The van der Waals surface area contributed by atoms with E-state index in [2.05, 4.69) is 24.5 Å². The summed E-state index contributed by atoms with van der Waals surface area (Å²) in [5.74, 6) is 0.152. The van der Waals surface area contributed by atoms with Gasteiger partial charge in [0, 0.05) is 22.7 Å². The summed E-state index contributed by atoms with van der Waals surface area (Å²) in [5, 5.41) is 7.61. The molecule has 1 unspecified atom stereocenters. The van der Waals surface area contributed by atoms with Crippen molar-refractivity contribution in [2.75, 3.05) is 10.6 Å². The van der Waals surface area contributed by atoms with Crippen LogP contribution in [0.1, 0.15) is 32.3 Å². The fourth-order valence-corrected chi connectivity index (χ4v) is 4.18. The van der Waals surface area contributed by atoms with Crippen LogP contribution in [0.2, 0.25) is 0 Å². The van der Waals surface area contributed by atoms with E-state index >= 15 is 0 Å². The first kappa shape index (κ1) is 17.9. The zero-order chi connectivity index (χ0) is 19.0. The number of hydrogen-bond acceptors (Lipinski definition) is 3. The number of para-hydroxylation sites is 2. The Morgan fingerprint density at radius 3 is 2.44 bits per heavy atom. The number of benzene rings is 2. The van der Waals surface area contributed by atoms with Crippen LogP contribution in [-0.2, 0) is 4.79 Å². The number of allylic oxidation sites excluding steroid dienone is 1. The van der Waals surface area contributed by atoms with E-state index in [4.69, 9.17) is 11.6 Å². The lowest BCUT2D eigenvalue weighted by atomic mass is 9.74. The van der Waals surface area contributed by atoms with Gasteiger partial charge < -0.3 is 10.6 Å². The molecular formula is C23H23ClN2O. The van der Waals surface area contributed by atoms with Crippen LogP contribution in [0.25, 0.3) is 6.08 Å².